The number of hydrogen-bond donors (Lipinski definition) is 1. The Morgan fingerprint density at radius 1 is 1.36 bits per heavy atom. The third-order valence-corrected chi connectivity index (χ3v) is 3.08. The highest BCUT2D eigenvalue weighted by atomic mass is 16.3. The lowest BCUT2D eigenvalue weighted by Crippen LogP contribution is -2.17. The van der Waals surface area contributed by atoms with Crippen LogP contribution in [-0.4, -0.2) is 11.2 Å². The van der Waals surface area contributed by atoms with Crippen LogP contribution in [0.15, 0.2) is 0 Å². The van der Waals surface area contributed by atoms with Crippen molar-refractivity contribution in [3.63, 3.8) is 0 Å². The highest BCUT2D eigenvalue weighted by Crippen LogP contribution is 2.31. The summed E-state index contributed by atoms with van der Waals surface area (Å²) < 4.78 is 0. The first-order chi connectivity index (χ1) is 5.20. The minimum atomic E-state index is -0.116. The van der Waals surface area contributed by atoms with Gasteiger partial charge in [0.05, 0.1) is 6.10 Å². The molecule has 1 heteroatoms. The zero-order chi connectivity index (χ0) is 8.27. The van der Waals surface area contributed by atoms with Crippen LogP contribution in [0.5, 0.6) is 0 Å². The normalized spacial score (nSPS) is 24.3. The molecular formula is C10H20O. The van der Waals surface area contributed by atoms with E-state index >= 15 is 0 Å². The molecule has 0 aromatic carbocycles. The van der Waals surface area contributed by atoms with E-state index in [1.54, 1.807) is 0 Å². The number of hydrogen-bond acceptors (Lipinski definition) is 1. The van der Waals surface area contributed by atoms with E-state index in [4.69, 9.17) is 0 Å². The standard InChI is InChI=1S/C10H20O/c1-8(9(2)11)6-7-10-4-3-5-10/h8-11H,3-7H2,1-2H3. The summed E-state index contributed by atoms with van der Waals surface area (Å²) >= 11 is 0. The second kappa shape index (κ2) is 4.10. The summed E-state index contributed by atoms with van der Waals surface area (Å²) in [6.07, 6.45) is 6.75. The van der Waals surface area contributed by atoms with E-state index in [0.29, 0.717) is 5.92 Å². The Balaban J connectivity index is 2.01. The number of rotatable bonds is 4. The Kier molecular flexibility index (Phi) is 3.38. The molecule has 66 valence electrons. The van der Waals surface area contributed by atoms with Crippen molar-refractivity contribution in [2.45, 2.75) is 52.1 Å². The van der Waals surface area contributed by atoms with Crippen LogP contribution in [0.4, 0.5) is 0 Å². The molecule has 0 saturated heterocycles. The van der Waals surface area contributed by atoms with E-state index in [2.05, 4.69) is 6.92 Å². The van der Waals surface area contributed by atoms with Crippen molar-refractivity contribution in [3.8, 4) is 0 Å². The molecule has 0 aromatic heterocycles. The lowest BCUT2D eigenvalue weighted by Gasteiger charge is -2.27. The van der Waals surface area contributed by atoms with Gasteiger partial charge in [0.2, 0.25) is 0 Å². The van der Waals surface area contributed by atoms with Crippen molar-refractivity contribution in [2.24, 2.45) is 11.8 Å². The summed E-state index contributed by atoms with van der Waals surface area (Å²) in [6, 6.07) is 0. The Hall–Kier alpha value is -0.0400. The van der Waals surface area contributed by atoms with Gasteiger partial charge in [0.1, 0.15) is 0 Å². The lowest BCUT2D eigenvalue weighted by molar-refractivity contribution is 0.120. The van der Waals surface area contributed by atoms with Gasteiger partial charge in [-0.15, -0.1) is 0 Å². The molecule has 1 aliphatic carbocycles. The summed E-state index contributed by atoms with van der Waals surface area (Å²) in [5, 5.41) is 9.22. The average molecular weight is 156 g/mol. The topological polar surface area (TPSA) is 20.2 Å². The van der Waals surface area contributed by atoms with Gasteiger partial charge in [-0.25, -0.2) is 0 Å². The van der Waals surface area contributed by atoms with Crippen molar-refractivity contribution in [1.29, 1.82) is 0 Å². The maximum Gasteiger partial charge on any atom is 0.0537 e. The first-order valence-corrected chi connectivity index (χ1v) is 4.88. The second-order valence-electron chi connectivity index (χ2n) is 4.09. The van der Waals surface area contributed by atoms with Gasteiger partial charge >= 0.3 is 0 Å². The van der Waals surface area contributed by atoms with Gasteiger partial charge in [0, 0.05) is 0 Å². The SMILES string of the molecule is CC(O)C(C)CCC1CCC1. The summed E-state index contributed by atoms with van der Waals surface area (Å²) in [5.74, 6) is 1.49. The Morgan fingerprint density at radius 2 is 2.00 bits per heavy atom. The summed E-state index contributed by atoms with van der Waals surface area (Å²) in [7, 11) is 0. The largest absolute Gasteiger partial charge is 0.393 e. The molecule has 1 N–H and O–H groups in total. The molecular weight excluding hydrogens is 136 g/mol. The van der Waals surface area contributed by atoms with Crippen LogP contribution < -0.4 is 0 Å². The van der Waals surface area contributed by atoms with Gasteiger partial charge in [-0.05, 0) is 25.2 Å². The molecule has 1 rings (SSSR count). The second-order valence-corrected chi connectivity index (χ2v) is 4.09. The summed E-state index contributed by atoms with van der Waals surface area (Å²) in [6.45, 7) is 4.04. The van der Waals surface area contributed by atoms with Crippen LogP contribution in [0.25, 0.3) is 0 Å². The number of aliphatic hydroxyl groups excluding tert-OH is 1. The molecule has 2 unspecified atom stereocenters. The minimum Gasteiger partial charge on any atom is -0.393 e. The molecule has 0 heterocycles. The van der Waals surface area contributed by atoms with Crippen molar-refractivity contribution in [3.05, 3.63) is 0 Å². The van der Waals surface area contributed by atoms with Crippen LogP contribution in [0, 0.1) is 11.8 Å². The predicted octanol–water partition coefficient (Wildman–Crippen LogP) is 2.58. The zero-order valence-electron chi connectivity index (χ0n) is 7.71. The molecule has 0 aromatic rings. The van der Waals surface area contributed by atoms with E-state index in [1.165, 1.54) is 32.1 Å². The first-order valence-electron chi connectivity index (χ1n) is 4.88. The fourth-order valence-corrected chi connectivity index (χ4v) is 1.52. The van der Waals surface area contributed by atoms with Gasteiger partial charge in [-0.2, -0.15) is 0 Å². The van der Waals surface area contributed by atoms with Crippen molar-refractivity contribution >= 4 is 0 Å². The Labute approximate surface area is 69.8 Å². The fourth-order valence-electron chi connectivity index (χ4n) is 1.52. The van der Waals surface area contributed by atoms with Crippen LogP contribution in [-0.2, 0) is 0 Å². The van der Waals surface area contributed by atoms with Crippen LogP contribution in [0.2, 0.25) is 0 Å². The smallest absolute Gasteiger partial charge is 0.0537 e. The molecule has 11 heavy (non-hydrogen) atoms. The van der Waals surface area contributed by atoms with Gasteiger partial charge in [-0.3, -0.25) is 0 Å². The quantitative estimate of drug-likeness (QED) is 0.663. The van der Waals surface area contributed by atoms with Gasteiger partial charge < -0.3 is 5.11 Å². The monoisotopic (exact) mass is 156 g/mol. The molecule has 1 nitrogen and oxygen atoms in total. The molecule has 1 fully saturated rings. The van der Waals surface area contributed by atoms with Crippen molar-refractivity contribution in [1.82, 2.24) is 0 Å². The van der Waals surface area contributed by atoms with Crippen LogP contribution in [0.1, 0.15) is 46.0 Å². The zero-order valence-corrected chi connectivity index (χ0v) is 7.71. The van der Waals surface area contributed by atoms with Crippen molar-refractivity contribution in [2.75, 3.05) is 0 Å². The van der Waals surface area contributed by atoms with E-state index < -0.39 is 0 Å². The maximum atomic E-state index is 9.22. The predicted molar refractivity (Wildman–Crippen MR) is 47.4 cm³/mol. The molecule has 0 aliphatic heterocycles. The summed E-state index contributed by atoms with van der Waals surface area (Å²) in [4.78, 5) is 0. The first kappa shape index (κ1) is 9.05. The highest BCUT2D eigenvalue weighted by molar-refractivity contribution is 4.71. The highest BCUT2D eigenvalue weighted by Gasteiger charge is 2.18. The Morgan fingerprint density at radius 3 is 2.36 bits per heavy atom. The van der Waals surface area contributed by atoms with Gasteiger partial charge in [0.25, 0.3) is 0 Å². The third-order valence-electron chi connectivity index (χ3n) is 3.08. The molecule has 0 spiro atoms. The molecule has 0 amide bonds. The van der Waals surface area contributed by atoms with Crippen LogP contribution >= 0.6 is 0 Å². The third kappa shape index (κ3) is 2.82. The van der Waals surface area contributed by atoms with E-state index in [0.717, 1.165) is 5.92 Å². The van der Waals surface area contributed by atoms with Crippen LogP contribution in [0.3, 0.4) is 0 Å². The summed E-state index contributed by atoms with van der Waals surface area (Å²) in [5.41, 5.74) is 0. The lowest BCUT2D eigenvalue weighted by atomic mass is 9.80. The van der Waals surface area contributed by atoms with E-state index in [-0.39, 0.29) is 6.10 Å². The molecule has 2 atom stereocenters. The molecule has 1 aliphatic rings. The van der Waals surface area contributed by atoms with E-state index in [9.17, 15) is 5.11 Å². The Bertz CT molecular complexity index is 105. The van der Waals surface area contributed by atoms with Gasteiger partial charge in [-0.1, -0.05) is 32.6 Å². The average Bonchev–Trinajstić information content (AvgIpc) is 1.83. The van der Waals surface area contributed by atoms with E-state index in [1.807, 2.05) is 6.92 Å². The minimum absolute atomic E-state index is 0.116. The fraction of sp³-hybridized carbons (Fsp3) is 1.00. The molecule has 0 radical (unpaired) electrons. The van der Waals surface area contributed by atoms with Gasteiger partial charge in [0.15, 0.2) is 0 Å². The maximum absolute atomic E-state index is 9.22. The number of aliphatic hydroxyl groups is 1. The molecule has 1 saturated carbocycles. The molecule has 0 bridgehead atoms. The van der Waals surface area contributed by atoms with Crippen molar-refractivity contribution < 1.29 is 5.11 Å².